The predicted octanol–water partition coefficient (Wildman–Crippen LogP) is 6.77. The Hall–Kier alpha value is -3.35. The first-order valence-electron chi connectivity index (χ1n) is 14.1. The zero-order valence-corrected chi connectivity index (χ0v) is 22.8. The summed E-state index contributed by atoms with van der Waals surface area (Å²) in [5, 5.41) is 12.6. The minimum atomic E-state index is -0.100. The van der Waals surface area contributed by atoms with E-state index in [-0.39, 0.29) is 18.1 Å². The molecule has 39 heavy (non-hydrogen) atoms. The van der Waals surface area contributed by atoms with Gasteiger partial charge in [-0.1, -0.05) is 29.8 Å². The van der Waals surface area contributed by atoms with Crippen LogP contribution in [0.3, 0.4) is 0 Å². The largest absolute Gasteiger partial charge is 0.490 e. The van der Waals surface area contributed by atoms with Gasteiger partial charge in [0.2, 0.25) is 0 Å². The second-order valence-electron chi connectivity index (χ2n) is 11.4. The topological polar surface area (TPSA) is 70.2 Å². The van der Waals surface area contributed by atoms with E-state index < -0.39 is 0 Å². The SMILES string of the molecule is CN1[C@@H]2CC[C@H]1C[C@@H](Oc1ccc(-c3n[nH]c4ccc(C(=O)N[C@@H](c5ccccc5Cl)C5CC5)cc34)cc1)C2. The van der Waals surface area contributed by atoms with Gasteiger partial charge in [-0.05, 0) is 106 Å². The minimum Gasteiger partial charge on any atom is -0.490 e. The fourth-order valence-corrected chi connectivity index (χ4v) is 6.80. The zero-order valence-electron chi connectivity index (χ0n) is 22.1. The number of hydrogen-bond acceptors (Lipinski definition) is 4. The van der Waals surface area contributed by atoms with Gasteiger partial charge < -0.3 is 15.0 Å². The number of carbonyl (C=O) groups is 1. The van der Waals surface area contributed by atoms with E-state index in [4.69, 9.17) is 16.3 Å². The smallest absolute Gasteiger partial charge is 0.251 e. The van der Waals surface area contributed by atoms with Gasteiger partial charge in [0.05, 0.1) is 17.3 Å². The van der Waals surface area contributed by atoms with Gasteiger partial charge in [0.25, 0.3) is 5.91 Å². The molecule has 2 bridgehead atoms. The van der Waals surface area contributed by atoms with Crippen molar-refractivity contribution in [1.29, 1.82) is 0 Å². The molecular weight excluding hydrogens is 508 g/mol. The molecule has 1 saturated carbocycles. The van der Waals surface area contributed by atoms with E-state index in [0.29, 0.717) is 28.6 Å². The summed E-state index contributed by atoms with van der Waals surface area (Å²) in [6, 6.07) is 22.9. The van der Waals surface area contributed by atoms with Crippen LogP contribution < -0.4 is 10.1 Å². The van der Waals surface area contributed by atoms with Crippen molar-refractivity contribution in [2.24, 2.45) is 5.92 Å². The third-order valence-corrected chi connectivity index (χ3v) is 9.28. The lowest BCUT2D eigenvalue weighted by atomic mass is 10.0. The van der Waals surface area contributed by atoms with E-state index in [1.807, 2.05) is 54.6 Å². The number of carbonyl (C=O) groups excluding carboxylic acids is 1. The van der Waals surface area contributed by atoms with Gasteiger partial charge in [0, 0.05) is 33.6 Å². The molecule has 2 aliphatic heterocycles. The lowest BCUT2D eigenvalue weighted by Gasteiger charge is -2.36. The third kappa shape index (κ3) is 4.81. The number of nitrogens with zero attached hydrogens (tertiary/aromatic N) is 2. The number of piperidine rings is 1. The Labute approximate surface area is 233 Å². The number of ether oxygens (including phenoxy) is 1. The van der Waals surface area contributed by atoms with E-state index in [1.165, 1.54) is 12.8 Å². The number of benzene rings is 3. The lowest BCUT2D eigenvalue weighted by Crippen LogP contribution is -2.43. The van der Waals surface area contributed by atoms with Crippen LogP contribution in [-0.4, -0.2) is 46.2 Å². The molecule has 7 heteroatoms. The van der Waals surface area contributed by atoms with Gasteiger partial charge in [-0.15, -0.1) is 0 Å². The Kier molecular flexibility index (Phi) is 6.32. The highest BCUT2D eigenvalue weighted by atomic mass is 35.5. The van der Waals surface area contributed by atoms with E-state index >= 15 is 0 Å². The molecule has 200 valence electrons. The molecule has 0 unspecified atom stereocenters. The highest BCUT2D eigenvalue weighted by Crippen LogP contribution is 2.43. The van der Waals surface area contributed by atoms with Gasteiger partial charge in [-0.2, -0.15) is 5.10 Å². The van der Waals surface area contributed by atoms with E-state index in [2.05, 4.69) is 39.6 Å². The maximum Gasteiger partial charge on any atom is 0.251 e. The molecule has 2 N–H and O–H groups in total. The lowest BCUT2D eigenvalue weighted by molar-refractivity contribution is 0.0662. The number of aromatic amines is 1. The highest BCUT2D eigenvalue weighted by molar-refractivity contribution is 6.31. The Morgan fingerprint density at radius 2 is 1.77 bits per heavy atom. The van der Waals surface area contributed by atoms with Crippen LogP contribution in [0.4, 0.5) is 0 Å². The number of H-pyrrole nitrogens is 1. The molecule has 4 aromatic rings. The quantitative estimate of drug-likeness (QED) is 0.271. The van der Waals surface area contributed by atoms with Crippen molar-refractivity contribution in [2.75, 3.05) is 7.05 Å². The third-order valence-electron chi connectivity index (χ3n) is 8.93. The second-order valence-corrected chi connectivity index (χ2v) is 11.8. The average Bonchev–Trinajstić information content (AvgIpc) is 3.67. The van der Waals surface area contributed by atoms with Crippen LogP contribution in [0.15, 0.2) is 66.7 Å². The molecule has 1 amide bonds. The van der Waals surface area contributed by atoms with E-state index in [1.54, 1.807) is 0 Å². The standard InChI is InChI=1S/C32H33ClN4O2/c1-37-22-11-12-23(37)18-25(17-22)39-24-13-8-20(9-14-24)31-27-16-21(10-15-29(27)35-36-31)32(38)34-30(19-6-7-19)26-4-2-3-5-28(26)33/h2-5,8-10,13-16,19,22-23,25,30H,6-7,11-12,17-18H2,1H3,(H,34,38)(H,35,36)/t22-,23+,25+,30-/m1/s1. The number of rotatable bonds is 7. The van der Waals surface area contributed by atoms with Gasteiger partial charge in [0.15, 0.2) is 0 Å². The van der Waals surface area contributed by atoms with Crippen molar-refractivity contribution in [3.05, 3.63) is 82.9 Å². The number of amides is 1. The van der Waals surface area contributed by atoms with Gasteiger partial charge in [-0.3, -0.25) is 9.89 Å². The molecule has 3 fully saturated rings. The predicted molar refractivity (Wildman–Crippen MR) is 154 cm³/mol. The van der Waals surface area contributed by atoms with Crippen LogP contribution in [0.2, 0.25) is 5.02 Å². The summed E-state index contributed by atoms with van der Waals surface area (Å²) < 4.78 is 6.38. The van der Waals surface area contributed by atoms with Crippen molar-refractivity contribution >= 4 is 28.4 Å². The molecule has 0 radical (unpaired) electrons. The number of fused-ring (bicyclic) bond motifs is 3. The van der Waals surface area contributed by atoms with Crippen molar-refractivity contribution in [1.82, 2.24) is 20.4 Å². The molecule has 1 aromatic heterocycles. The van der Waals surface area contributed by atoms with E-state index in [0.717, 1.165) is 59.2 Å². The maximum atomic E-state index is 13.4. The fraction of sp³-hybridized carbons (Fsp3) is 0.375. The molecule has 0 spiro atoms. The van der Waals surface area contributed by atoms with Crippen LogP contribution in [0.25, 0.3) is 22.2 Å². The molecule has 3 heterocycles. The molecule has 6 nitrogen and oxygen atoms in total. The highest BCUT2D eigenvalue weighted by Gasteiger charge is 2.39. The summed E-state index contributed by atoms with van der Waals surface area (Å²) in [6.07, 6.45) is 7.24. The monoisotopic (exact) mass is 540 g/mol. The van der Waals surface area contributed by atoms with Crippen molar-refractivity contribution < 1.29 is 9.53 Å². The van der Waals surface area contributed by atoms with Crippen LogP contribution in [0, 0.1) is 5.92 Å². The molecular formula is C32H33ClN4O2. The van der Waals surface area contributed by atoms with Gasteiger partial charge >= 0.3 is 0 Å². The molecule has 3 aromatic carbocycles. The summed E-state index contributed by atoms with van der Waals surface area (Å²) in [5.74, 6) is 1.22. The molecule has 7 rings (SSSR count). The first kappa shape index (κ1) is 24.7. The molecule has 4 atom stereocenters. The van der Waals surface area contributed by atoms with Crippen LogP contribution in [0.1, 0.15) is 60.5 Å². The average molecular weight is 541 g/mol. The van der Waals surface area contributed by atoms with Gasteiger partial charge in [0.1, 0.15) is 11.9 Å². The fourth-order valence-electron chi connectivity index (χ4n) is 6.55. The van der Waals surface area contributed by atoms with Crippen LogP contribution >= 0.6 is 11.6 Å². The summed E-state index contributed by atoms with van der Waals surface area (Å²) >= 11 is 6.48. The van der Waals surface area contributed by atoms with Crippen LogP contribution in [-0.2, 0) is 0 Å². The maximum absolute atomic E-state index is 13.4. The summed E-state index contributed by atoms with van der Waals surface area (Å²) in [6.45, 7) is 0. The first-order chi connectivity index (χ1) is 19.0. The second kappa shape index (κ2) is 10.00. The number of halogens is 1. The van der Waals surface area contributed by atoms with E-state index in [9.17, 15) is 4.79 Å². The summed E-state index contributed by atoms with van der Waals surface area (Å²) in [4.78, 5) is 15.9. The number of nitrogens with one attached hydrogen (secondary N) is 2. The van der Waals surface area contributed by atoms with Gasteiger partial charge in [-0.25, -0.2) is 0 Å². The Morgan fingerprint density at radius 1 is 1.03 bits per heavy atom. The number of aromatic nitrogens is 2. The zero-order chi connectivity index (χ0) is 26.5. The van der Waals surface area contributed by atoms with Crippen molar-refractivity contribution in [3.63, 3.8) is 0 Å². The Balaban J connectivity index is 1.09. The van der Waals surface area contributed by atoms with Crippen molar-refractivity contribution in [2.45, 2.75) is 62.8 Å². The molecule has 3 aliphatic rings. The minimum absolute atomic E-state index is 0.0852. The Bertz CT molecular complexity index is 1500. The summed E-state index contributed by atoms with van der Waals surface area (Å²) in [7, 11) is 2.25. The Morgan fingerprint density at radius 3 is 2.49 bits per heavy atom. The first-order valence-corrected chi connectivity index (χ1v) is 14.4. The molecule has 2 saturated heterocycles. The number of hydrogen-bond donors (Lipinski definition) is 2. The normalized spacial score (nSPS) is 23.6. The van der Waals surface area contributed by atoms with Crippen molar-refractivity contribution in [3.8, 4) is 17.0 Å². The summed E-state index contributed by atoms with van der Waals surface area (Å²) in [5.41, 5.74) is 4.30. The van der Waals surface area contributed by atoms with Crippen LogP contribution in [0.5, 0.6) is 5.75 Å². The molecule has 1 aliphatic carbocycles.